The molecule has 18 heavy (non-hydrogen) atoms. The van der Waals surface area contributed by atoms with E-state index >= 15 is 0 Å². The third-order valence-electron chi connectivity index (χ3n) is 2.18. The van der Waals surface area contributed by atoms with Gasteiger partial charge in [0.05, 0.1) is 12.0 Å². The van der Waals surface area contributed by atoms with Crippen molar-refractivity contribution in [3.8, 4) is 5.75 Å². The van der Waals surface area contributed by atoms with Crippen LogP contribution in [-0.2, 0) is 0 Å². The van der Waals surface area contributed by atoms with Crippen LogP contribution < -0.4 is 10.1 Å². The molecule has 1 atom stereocenters. The number of nitro benzene ring substituents is 1. The molecule has 0 fully saturated rings. The predicted octanol–water partition coefficient (Wildman–Crippen LogP) is 2.12. The summed E-state index contributed by atoms with van der Waals surface area (Å²) in [5, 5.41) is 13.4. The number of amides is 1. The second-order valence-corrected chi connectivity index (χ2v) is 5.20. The number of hydrogen-bond donors (Lipinski definition) is 1. The Morgan fingerprint density at radius 2 is 2.28 bits per heavy atom. The van der Waals surface area contributed by atoms with Gasteiger partial charge in [0, 0.05) is 29.1 Å². The van der Waals surface area contributed by atoms with Crippen molar-refractivity contribution < 1.29 is 14.5 Å². The lowest BCUT2D eigenvalue weighted by Crippen LogP contribution is -2.28. The highest BCUT2D eigenvalue weighted by atomic mass is 79.9. The highest BCUT2D eigenvalue weighted by molar-refractivity contribution is 9.09. The van der Waals surface area contributed by atoms with Crippen LogP contribution in [-0.4, -0.2) is 29.3 Å². The molecule has 1 amide bonds. The Balaban J connectivity index is 2.91. The molecule has 0 aliphatic heterocycles. The second-order valence-electron chi connectivity index (χ2n) is 3.63. The molecule has 0 aliphatic carbocycles. The van der Waals surface area contributed by atoms with Crippen LogP contribution in [0.1, 0.15) is 17.3 Å². The summed E-state index contributed by atoms with van der Waals surface area (Å²) in [6.45, 7) is 2.37. The highest BCUT2D eigenvalue weighted by Crippen LogP contribution is 2.27. The number of carbonyl (C=O) groups is 1. The van der Waals surface area contributed by atoms with Crippen molar-refractivity contribution in [2.45, 2.75) is 11.8 Å². The van der Waals surface area contributed by atoms with Crippen molar-refractivity contribution in [3.63, 3.8) is 0 Å². The number of nitrogens with zero attached hydrogens (tertiary/aromatic N) is 1. The quantitative estimate of drug-likeness (QED) is 0.512. The lowest BCUT2D eigenvalue weighted by atomic mass is 10.1. The fraction of sp³-hybridized carbons (Fsp3) is 0.364. The van der Waals surface area contributed by atoms with E-state index in [4.69, 9.17) is 4.74 Å². The van der Waals surface area contributed by atoms with Crippen LogP contribution >= 0.6 is 15.9 Å². The first-order valence-corrected chi connectivity index (χ1v) is 6.12. The molecule has 0 saturated carbocycles. The molecule has 1 unspecified atom stereocenters. The zero-order chi connectivity index (χ0) is 13.7. The van der Waals surface area contributed by atoms with Gasteiger partial charge in [0.2, 0.25) is 0 Å². The molecule has 7 heteroatoms. The van der Waals surface area contributed by atoms with Gasteiger partial charge in [-0.2, -0.15) is 0 Å². The molecule has 0 aromatic heterocycles. The molecule has 0 aliphatic rings. The lowest BCUT2D eigenvalue weighted by molar-refractivity contribution is -0.385. The molecule has 1 aromatic rings. The number of nitro groups is 1. The number of alkyl halides is 1. The molecule has 1 aromatic carbocycles. The van der Waals surface area contributed by atoms with Crippen molar-refractivity contribution in [2.75, 3.05) is 13.7 Å². The molecule has 1 N–H and O–H groups in total. The van der Waals surface area contributed by atoms with Gasteiger partial charge in [-0.3, -0.25) is 14.9 Å². The van der Waals surface area contributed by atoms with E-state index in [9.17, 15) is 14.9 Å². The van der Waals surface area contributed by atoms with E-state index < -0.39 is 4.92 Å². The standard InChI is InChI=1S/C11H13BrN2O4/c1-7(12)6-13-11(15)8-3-4-9(14(16)17)10(5-8)18-2/h3-5,7H,6H2,1-2H3,(H,13,15). The number of carbonyl (C=O) groups excluding carboxylic acids is 1. The van der Waals surface area contributed by atoms with Crippen molar-refractivity contribution in [2.24, 2.45) is 0 Å². The summed E-state index contributed by atoms with van der Waals surface area (Å²) >= 11 is 3.31. The lowest BCUT2D eigenvalue weighted by Gasteiger charge is -2.08. The number of halogens is 1. The third-order valence-corrected chi connectivity index (χ3v) is 2.51. The van der Waals surface area contributed by atoms with Crippen LogP contribution in [0, 0.1) is 10.1 Å². The SMILES string of the molecule is COc1cc(C(=O)NCC(C)Br)ccc1[N+](=O)[O-]. The Hall–Kier alpha value is -1.63. The van der Waals surface area contributed by atoms with Crippen molar-refractivity contribution in [1.82, 2.24) is 5.32 Å². The van der Waals surface area contributed by atoms with E-state index in [0.29, 0.717) is 12.1 Å². The summed E-state index contributed by atoms with van der Waals surface area (Å²) < 4.78 is 4.89. The monoisotopic (exact) mass is 316 g/mol. The summed E-state index contributed by atoms with van der Waals surface area (Å²) in [7, 11) is 1.32. The largest absolute Gasteiger partial charge is 0.490 e. The van der Waals surface area contributed by atoms with Crippen molar-refractivity contribution in [3.05, 3.63) is 33.9 Å². The Morgan fingerprint density at radius 1 is 1.61 bits per heavy atom. The molecule has 0 heterocycles. The van der Waals surface area contributed by atoms with Gasteiger partial charge >= 0.3 is 5.69 Å². The first kappa shape index (κ1) is 14.4. The van der Waals surface area contributed by atoms with Gasteiger partial charge in [0.1, 0.15) is 0 Å². The van der Waals surface area contributed by atoms with Gasteiger partial charge in [-0.1, -0.05) is 22.9 Å². The van der Waals surface area contributed by atoms with E-state index in [1.54, 1.807) is 0 Å². The van der Waals surface area contributed by atoms with Gasteiger partial charge in [-0.15, -0.1) is 0 Å². The van der Waals surface area contributed by atoms with Crippen LogP contribution in [0.15, 0.2) is 18.2 Å². The van der Waals surface area contributed by atoms with E-state index in [1.165, 1.54) is 25.3 Å². The Kier molecular flexibility index (Phi) is 5.08. The van der Waals surface area contributed by atoms with Gasteiger partial charge in [-0.25, -0.2) is 0 Å². The number of ether oxygens (including phenoxy) is 1. The zero-order valence-corrected chi connectivity index (χ0v) is 11.6. The maximum atomic E-state index is 11.7. The van der Waals surface area contributed by atoms with Crippen LogP contribution in [0.25, 0.3) is 0 Å². The van der Waals surface area contributed by atoms with E-state index in [-0.39, 0.29) is 22.2 Å². The number of rotatable bonds is 5. The minimum Gasteiger partial charge on any atom is -0.490 e. The molecule has 98 valence electrons. The first-order valence-electron chi connectivity index (χ1n) is 5.20. The zero-order valence-electron chi connectivity index (χ0n) is 9.97. The molecule has 6 nitrogen and oxygen atoms in total. The minimum absolute atomic E-state index is 0.0690. The summed E-state index contributed by atoms with van der Waals surface area (Å²) in [4.78, 5) is 22.0. The van der Waals surface area contributed by atoms with E-state index in [2.05, 4.69) is 21.2 Å². The molecule has 0 spiro atoms. The maximum Gasteiger partial charge on any atom is 0.310 e. The van der Waals surface area contributed by atoms with Gasteiger partial charge in [0.15, 0.2) is 5.75 Å². The highest BCUT2D eigenvalue weighted by Gasteiger charge is 2.17. The van der Waals surface area contributed by atoms with Crippen molar-refractivity contribution >= 4 is 27.5 Å². The van der Waals surface area contributed by atoms with Crippen LogP contribution in [0.2, 0.25) is 0 Å². The molecular formula is C11H13BrN2O4. The molecular weight excluding hydrogens is 304 g/mol. The van der Waals surface area contributed by atoms with Crippen LogP contribution in [0.4, 0.5) is 5.69 Å². The van der Waals surface area contributed by atoms with Crippen LogP contribution in [0.5, 0.6) is 5.75 Å². The Labute approximate surface area is 113 Å². The third kappa shape index (κ3) is 3.69. The van der Waals surface area contributed by atoms with Gasteiger partial charge in [0.25, 0.3) is 5.91 Å². The fourth-order valence-electron chi connectivity index (χ4n) is 1.31. The fourth-order valence-corrected chi connectivity index (χ4v) is 1.47. The van der Waals surface area contributed by atoms with Crippen LogP contribution in [0.3, 0.4) is 0 Å². The number of hydrogen-bond acceptors (Lipinski definition) is 4. The smallest absolute Gasteiger partial charge is 0.310 e. The topological polar surface area (TPSA) is 81.5 Å². The maximum absolute atomic E-state index is 11.7. The molecule has 0 radical (unpaired) electrons. The summed E-state index contributed by atoms with van der Waals surface area (Å²) in [5.74, 6) is -0.228. The summed E-state index contributed by atoms with van der Waals surface area (Å²) in [6.07, 6.45) is 0. The Morgan fingerprint density at radius 3 is 2.78 bits per heavy atom. The second kappa shape index (κ2) is 6.34. The Bertz CT molecular complexity index is 462. The molecule has 0 bridgehead atoms. The van der Waals surface area contributed by atoms with Crippen molar-refractivity contribution in [1.29, 1.82) is 0 Å². The average Bonchev–Trinajstić information content (AvgIpc) is 2.34. The number of methoxy groups -OCH3 is 1. The minimum atomic E-state index is -0.554. The van der Waals surface area contributed by atoms with E-state index in [1.807, 2.05) is 6.92 Å². The summed E-state index contributed by atoms with van der Waals surface area (Å²) in [6, 6.07) is 4.01. The number of benzene rings is 1. The average molecular weight is 317 g/mol. The first-order chi connectivity index (χ1) is 8.45. The summed E-state index contributed by atoms with van der Waals surface area (Å²) in [5.41, 5.74) is 0.161. The normalized spacial score (nSPS) is 11.7. The van der Waals surface area contributed by atoms with Gasteiger partial charge < -0.3 is 10.1 Å². The number of nitrogens with one attached hydrogen (secondary N) is 1. The van der Waals surface area contributed by atoms with Gasteiger partial charge in [-0.05, 0) is 6.07 Å². The molecule has 1 rings (SSSR count). The molecule has 0 saturated heterocycles. The van der Waals surface area contributed by atoms with E-state index in [0.717, 1.165) is 0 Å². The predicted molar refractivity (Wildman–Crippen MR) is 70.4 cm³/mol.